The molecule has 0 saturated carbocycles. The van der Waals surface area contributed by atoms with Crippen molar-refractivity contribution in [2.45, 2.75) is 13.8 Å². The highest BCUT2D eigenvalue weighted by molar-refractivity contribution is 7.15. The Balaban J connectivity index is 2.44. The Labute approximate surface area is 97.7 Å². The van der Waals surface area contributed by atoms with Crippen molar-refractivity contribution in [2.75, 3.05) is 5.73 Å². The first-order valence-electron chi connectivity index (χ1n) is 5.13. The molecule has 16 heavy (non-hydrogen) atoms. The van der Waals surface area contributed by atoms with Crippen molar-refractivity contribution in [1.82, 2.24) is 0 Å². The number of nitrogen functional groups attached to an aromatic ring is 1. The number of anilines is 1. The standard InChI is InChI=1S/C13H11NOS/c1-6-3-4-8-10(7(6)2)9-5-16-13(14)11(9)12(8)15/h3-5H,14H2,1-2H3. The van der Waals surface area contributed by atoms with Gasteiger partial charge >= 0.3 is 0 Å². The van der Waals surface area contributed by atoms with Gasteiger partial charge in [-0.3, -0.25) is 4.79 Å². The molecule has 1 aromatic carbocycles. The van der Waals surface area contributed by atoms with Crippen LogP contribution in [0, 0.1) is 13.8 Å². The van der Waals surface area contributed by atoms with E-state index in [1.54, 1.807) is 0 Å². The number of nitrogens with two attached hydrogens (primary N) is 1. The van der Waals surface area contributed by atoms with Gasteiger partial charge in [0, 0.05) is 16.5 Å². The SMILES string of the molecule is Cc1ccc2c(c1C)-c1csc(N)c1C2=O. The van der Waals surface area contributed by atoms with Crippen LogP contribution in [0.25, 0.3) is 11.1 Å². The van der Waals surface area contributed by atoms with Crippen LogP contribution in [0.1, 0.15) is 27.0 Å². The van der Waals surface area contributed by atoms with Crippen molar-refractivity contribution in [3.05, 3.63) is 39.8 Å². The number of carbonyl (C=O) groups is 1. The van der Waals surface area contributed by atoms with E-state index in [-0.39, 0.29) is 5.78 Å². The highest BCUT2D eigenvalue weighted by Crippen LogP contribution is 2.45. The van der Waals surface area contributed by atoms with Crippen molar-refractivity contribution in [1.29, 1.82) is 0 Å². The van der Waals surface area contributed by atoms with E-state index in [9.17, 15) is 4.79 Å². The van der Waals surface area contributed by atoms with Gasteiger partial charge in [-0.2, -0.15) is 0 Å². The molecule has 1 aromatic heterocycles. The molecule has 3 rings (SSSR count). The maximum atomic E-state index is 12.2. The summed E-state index contributed by atoms with van der Waals surface area (Å²) in [5.74, 6) is 0.0758. The minimum Gasteiger partial charge on any atom is -0.390 e. The molecule has 0 saturated heterocycles. The lowest BCUT2D eigenvalue weighted by molar-refractivity contribution is 0.104. The number of hydrogen-bond donors (Lipinski definition) is 1. The van der Waals surface area contributed by atoms with Crippen LogP contribution in [0.3, 0.4) is 0 Å². The Kier molecular flexibility index (Phi) is 1.77. The second-order valence-electron chi connectivity index (χ2n) is 4.15. The summed E-state index contributed by atoms with van der Waals surface area (Å²) in [5, 5.41) is 2.62. The van der Waals surface area contributed by atoms with Gasteiger partial charge in [0.05, 0.1) is 10.6 Å². The second-order valence-corrected chi connectivity index (χ2v) is 5.06. The molecule has 0 aliphatic heterocycles. The van der Waals surface area contributed by atoms with E-state index >= 15 is 0 Å². The van der Waals surface area contributed by atoms with Crippen LogP contribution in [0.5, 0.6) is 0 Å². The molecule has 0 bridgehead atoms. The van der Waals surface area contributed by atoms with Gasteiger partial charge in [-0.15, -0.1) is 11.3 Å². The van der Waals surface area contributed by atoms with Crippen molar-refractivity contribution in [2.24, 2.45) is 0 Å². The Hall–Kier alpha value is -1.61. The molecule has 0 radical (unpaired) electrons. The summed E-state index contributed by atoms with van der Waals surface area (Å²) in [4.78, 5) is 12.2. The minimum absolute atomic E-state index is 0.0758. The fourth-order valence-corrected chi connectivity index (χ4v) is 3.08. The van der Waals surface area contributed by atoms with E-state index in [1.165, 1.54) is 22.5 Å². The zero-order valence-electron chi connectivity index (χ0n) is 9.13. The van der Waals surface area contributed by atoms with E-state index in [1.807, 2.05) is 17.5 Å². The van der Waals surface area contributed by atoms with Gasteiger partial charge in [0.25, 0.3) is 0 Å². The first kappa shape index (κ1) is 9.60. The first-order valence-corrected chi connectivity index (χ1v) is 6.01. The number of fused-ring (bicyclic) bond motifs is 3. The molecule has 0 unspecified atom stereocenters. The number of aryl methyl sites for hydroxylation is 1. The van der Waals surface area contributed by atoms with E-state index in [0.29, 0.717) is 10.6 Å². The highest BCUT2D eigenvalue weighted by atomic mass is 32.1. The third-order valence-corrected chi connectivity index (χ3v) is 4.11. The summed E-state index contributed by atoms with van der Waals surface area (Å²) >= 11 is 1.45. The molecule has 2 nitrogen and oxygen atoms in total. The van der Waals surface area contributed by atoms with Crippen LogP contribution < -0.4 is 5.73 Å². The number of ketones is 1. The van der Waals surface area contributed by atoms with Crippen LogP contribution in [0.4, 0.5) is 5.00 Å². The third-order valence-electron chi connectivity index (χ3n) is 3.30. The highest BCUT2D eigenvalue weighted by Gasteiger charge is 2.31. The van der Waals surface area contributed by atoms with Gasteiger partial charge in [-0.25, -0.2) is 0 Å². The lowest BCUT2D eigenvalue weighted by Gasteiger charge is -2.06. The minimum atomic E-state index is 0.0758. The average molecular weight is 229 g/mol. The molecule has 0 fully saturated rings. The topological polar surface area (TPSA) is 43.1 Å². The van der Waals surface area contributed by atoms with Gasteiger partial charge in [-0.05, 0) is 30.5 Å². The van der Waals surface area contributed by atoms with Crippen LogP contribution in [-0.2, 0) is 0 Å². The Morgan fingerprint density at radius 3 is 2.62 bits per heavy atom. The maximum absolute atomic E-state index is 12.2. The molecule has 0 atom stereocenters. The van der Waals surface area contributed by atoms with Crippen LogP contribution in [-0.4, -0.2) is 5.78 Å². The van der Waals surface area contributed by atoms with Crippen molar-refractivity contribution >= 4 is 22.1 Å². The summed E-state index contributed by atoms with van der Waals surface area (Å²) in [6.07, 6.45) is 0. The second kappa shape index (κ2) is 2.95. The lowest BCUT2D eigenvalue weighted by atomic mass is 9.98. The van der Waals surface area contributed by atoms with Gasteiger partial charge in [-0.1, -0.05) is 12.1 Å². The molecular formula is C13H11NOS. The Bertz CT molecular complexity index is 625. The summed E-state index contributed by atoms with van der Waals surface area (Å²) in [6.45, 7) is 4.12. The maximum Gasteiger partial charge on any atom is 0.197 e. The number of carbonyl (C=O) groups excluding carboxylic acids is 1. The fourth-order valence-electron chi connectivity index (χ4n) is 2.28. The van der Waals surface area contributed by atoms with Crippen LogP contribution in [0.2, 0.25) is 0 Å². The van der Waals surface area contributed by atoms with Crippen LogP contribution in [0.15, 0.2) is 17.5 Å². The number of rotatable bonds is 0. The van der Waals surface area contributed by atoms with Crippen molar-refractivity contribution in [3.8, 4) is 11.1 Å². The molecule has 3 heteroatoms. The summed E-state index contributed by atoms with van der Waals surface area (Å²) in [6, 6.07) is 3.90. The summed E-state index contributed by atoms with van der Waals surface area (Å²) in [7, 11) is 0. The Morgan fingerprint density at radius 1 is 1.12 bits per heavy atom. The smallest absolute Gasteiger partial charge is 0.197 e. The molecular weight excluding hydrogens is 218 g/mol. The quantitative estimate of drug-likeness (QED) is 0.643. The zero-order chi connectivity index (χ0) is 11.4. The largest absolute Gasteiger partial charge is 0.390 e. The predicted molar refractivity (Wildman–Crippen MR) is 67.1 cm³/mol. The van der Waals surface area contributed by atoms with Gasteiger partial charge < -0.3 is 5.73 Å². The van der Waals surface area contributed by atoms with Crippen molar-refractivity contribution < 1.29 is 4.79 Å². The van der Waals surface area contributed by atoms with E-state index in [2.05, 4.69) is 13.8 Å². The summed E-state index contributed by atoms with van der Waals surface area (Å²) < 4.78 is 0. The molecule has 0 spiro atoms. The third kappa shape index (κ3) is 0.985. The average Bonchev–Trinajstić information content (AvgIpc) is 2.75. The zero-order valence-corrected chi connectivity index (χ0v) is 9.94. The molecule has 1 aliphatic carbocycles. The number of hydrogen-bond acceptors (Lipinski definition) is 3. The number of benzene rings is 1. The Morgan fingerprint density at radius 2 is 1.88 bits per heavy atom. The summed E-state index contributed by atoms with van der Waals surface area (Å²) in [5.41, 5.74) is 11.8. The van der Waals surface area contributed by atoms with E-state index in [0.717, 1.165) is 16.7 Å². The van der Waals surface area contributed by atoms with Gasteiger partial charge in [0.15, 0.2) is 5.78 Å². The number of thiophene rings is 1. The fraction of sp³-hybridized carbons (Fsp3) is 0.154. The first-order chi connectivity index (χ1) is 7.61. The van der Waals surface area contributed by atoms with Gasteiger partial charge in [0.2, 0.25) is 0 Å². The predicted octanol–water partition coefficient (Wildman–Crippen LogP) is 3.16. The van der Waals surface area contributed by atoms with E-state index in [4.69, 9.17) is 5.73 Å². The monoisotopic (exact) mass is 229 g/mol. The molecule has 1 aliphatic rings. The normalized spacial score (nSPS) is 12.8. The van der Waals surface area contributed by atoms with Crippen LogP contribution >= 0.6 is 11.3 Å². The molecule has 1 heterocycles. The molecule has 2 N–H and O–H groups in total. The molecule has 80 valence electrons. The molecule has 2 aromatic rings. The van der Waals surface area contributed by atoms with Crippen molar-refractivity contribution in [3.63, 3.8) is 0 Å². The van der Waals surface area contributed by atoms with Gasteiger partial charge in [0.1, 0.15) is 0 Å². The van der Waals surface area contributed by atoms with E-state index < -0.39 is 0 Å². The lowest BCUT2D eigenvalue weighted by Crippen LogP contribution is -1.98. The molecule has 0 amide bonds.